The first kappa shape index (κ1) is 20.8. The molecule has 0 saturated carbocycles. The number of aromatic nitrogens is 1. The second-order valence-electron chi connectivity index (χ2n) is 7.67. The first-order valence-electron chi connectivity index (χ1n) is 9.71. The van der Waals surface area contributed by atoms with Crippen LogP contribution < -0.4 is 4.72 Å². The number of hydrogen-bond acceptors (Lipinski definition) is 6. The Hall–Kier alpha value is -2.49. The zero-order valence-electron chi connectivity index (χ0n) is 17.2. The lowest BCUT2D eigenvalue weighted by molar-refractivity contribution is 0.0664. The third-order valence-electron chi connectivity index (χ3n) is 5.27. The summed E-state index contributed by atoms with van der Waals surface area (Å²) in [7, 11) is -1.69. The SMILES string of the molecule is Cc1ccc(S(=O)(=O)Nc2nc3ccc(C(=O)N4CCN(C)CC4)cc3s2)c(C)c1. The maximum atomic E-state index is 12.8. The lowest BCUT2D eigenvalue weighted by Gasteiger charge is -2.32. The number of fused-ring (bicyclic) bond motifs is 1. The van der Waals surface area contributed by atoms with E-state index < -0.39 is 10.0 Å². The number of carbonyl (C=O) groups is 1. The van der Waals surface area contributed by atoms with Crippen LogP contribution in [0, 0.1) is 13.8 Å². The molecule has 1 aliphatic heterocycles. The number of carbonyl (C=O) groups excluding carboxylic acids is 1. The average molecular weight is 445 g/mol. The van der Waals surface area contributed by atoms with Crippen molar-refractivity contribution in [3.05, 3.63) is 53.1 Å². The van der Waals surface area contributed by atoms with Crippen LogP contribution in [0.15, 0.2) is 41.3 Å². The first-order valence-corrected chi connectivity index (χ1v) is 12.0. The number of sulfonamides is 1. The Morgan fingerprint density at radius 1 is 1.07 bits per heavy atom. The van der Waals surface area contributed by atoms with Gasteiger partial charge in [0.1, 0.15) is 0 Å². The highest BCUT2D eigenvalue weighted by Crippen LogP contribution is 2.29. The minimum absolute atomic E-state index is 0.00388. The number of aryl methyl sites for hydroxylation is 2. The van der Waals surface area contributed by atoms with Gasteiger partial charge in [0.15, 0.2) is 5.13 Å². The molecule has 9 heteroatoms. The number of anilines is 1. The smallest absolute Gasteiger partial charge is 0.263 e. The summed E-state index contributed by atoms with van der Waals surface area (Å²) in [6, 6.07) is 10.5. The third-order valence-corrected chi connectivity index (χ3v) is 7.83. The molecule has 0 bridgehead atoms. The van der Waals surface area contributed by atoms with Gasteiger partial charge < -0.3 is 9.80 Å². The van der Waals surface area contributed by atoms with Gasteiger partial charge in [-0.15, -0.1) is 0 Å². The summed E-state index contributed by atoms with van der Waals surface area (Å²) in [6.07, 6.45) is 0. The van der Waals surface area contributed by atoms with E-state index in [1.165, 1.54) is 11.3 Å². The molecule has 158 valence electrons. The van der Waals surface area contributed by atoms with Crippen molar-refractivity contribution in [1.29, 1.82) is 0 Å². The molecule has 0 radical (unpaired) electrons. The number of rotatable bonds is 4. The fourth-order valence-electron chi connectivity index (χ4n) is 3.56. The van der Waals surface area contributed by atoms with Gasteiger partial charge in [0.2, 0.25) is 0 Å². The van der Waals surface area contributed by atoms with Crippen LogP contribution in [0.4, 0.5) is 5.13 Å². The number of amides is 1. The molecule has 1 N–H and O–H groups in total. The van der Waals surface area contributed by atoms with Crippen molar-refractivity contribution in [3.8, 4) is 0 Å². The minimum atomic E-state index is -3.74. The molecule has 30 heavy (non-hydrogen) atoms. The quantitative estimate of drug-likeness (QED) is 0.669. The number of benzene rings is 2. The molecule has 1 fully saturated rings. The van der Waals surface area contributed by atoms with Crippen molar-refractivity contribution in [1.82, 2.24) is 14.8 Å². The molecular formula is C21H24N4O3S2. The van der Waals surface area contributed by atoms with Gasteiger partial charge in [-0.2, -0.15) is 0 Å². The molecule has 2 heterocycles. The van der Waals surface area contributed by atoms with E-state index in [1.807, 2.05) is 24.9 Å². The van der Waals surface area contributed by atoms with Crippen LogP contribution in [-0.4, -0.2) is 62.3 Å². The highest BCUT2D eigenvalue weighted by Gasteiger charge is 2.22. The van der Waals surface area contributed by atoms with Crippen molar-refractivity contribution >= 4 is 42.6 Å². The summed E-state index contributed by atoms with van der Waals surface area (Å²) < 4.78 is 29.0. The third kappa shape index (κ3) is 4.19. The molecule has 4 rings (SSSR count). The molecule has 1 aliphatic rings. The van der Waals surface area contributed by atoms with E-state index in [9.17, 15) is 13.2 Å². The number of nitrogens with zero attached hydrogens (tertiary/aromatic N) is 3. The Kier molecular flexibility index (Phi) is 5.52. The van der Waals surface area contributed by atoms with E-state index >= 15 is 0 Å². The van der Waals surface area contributed by atoms with Gasteiger partial charge in [-0.25, -0.2) is 13.4 Å². The van der Waals surface area contributed by atoms with Crippen LogP contribution in [0.3, 0.4) is 0 Å². The molecule has 2 aromatic carbocycles. The molecular weight excluding hydrogens is 420 g/mol. The van der Waals surface area contributed by atoms with Crippen molar-refractivity contribution < 1.29 is 13.2 Å². The van der Waals surface area contributed by atoms with Crippen molar-refractivity contribution in [2.75, 3.05) is 37.9 Å². The maximum absolute atomic E-state index is 12.8. The monoisotopic (exact) mass is 444 g/mol. The Morgan fingerprint density at radius 2 is 1.80 bits per heavy atom. The number of piperazine rings is 1. The second-order valence-corrected chi connectivity index (χ2v) is 10.4. The van der Waals surface area contributed by atoms with E-state index in [0.29, 0.717) is 29.7 Å². The van der Waals surface area contributed by atoms with E-state index in [4.69, 9.17) is 0 Å². The van der Waals surface area contributed by atoms with Crippen LogP contribution in [-0.2, 0) is 10.0 Å². The van der Waals surface area contributed by atoms with Crippen LogP contribution >= 0.6 is 11.3 Å². The molecule has 0 unspecified atom stereocenters. The largest absolute Gasteiger partial charge is 0.336 e. The lowest BCUT2D eigenvalue weighted by atomic mass is 10.1. The number of nitrogens with one attached hydrogen (secondary N) is 1. The van der Waals surface area contributed by atoms with Crippen LogP contribution in [0.1, 0.15) is 21.5 Å². The fraction of sp³-hybridized carbons (Fsp3) is 0.333. The summed E-state index contributed by atoms with van der Waals surface area (Å²) in [5.74, 6) is -0.00388. The average Bonchev–Trinajstić information content (AvgIpc) is 3.08. The summed E-state index contributed by atoms with van der Waals surface area (Å²) in [6.45, 7) is 6.83. The number of likely N-dealkylation sites (N-methyl/N-ethyl adjacent to an activating group) is 1. The van der Waals surface area contributed by atoms with Crippen molar-refractivity contribution in [3.63, 3.8) is 0 Å². The predicted molar refractivity (Wildman–Crippen MR) is 120 cm³/mol. The molecule has 7 nitrogen and oxygen atoms in total. The zero-order chi connectivity index (χ0) is 21.5. The number of thiazole rings is 1. The normalized spacial score (nSPS) is 15.5. The molecule has 0 aliphatic carbocycles. The fourth-order valence-corrected chi connectivity index (χ4v) is 5.93. The van der Waals surface area contributed by atoms with Gasteiger partial charge in [0, 0.05) is 31.7 Å². The molecule has 0 spiro atoms. The highest BCUT2D eigenvalue weighted by atomic mass is 32.2. The summed E-state index contributed by atoms with van der Waals surface area (Å²) in [5, 5.41) is 0.286. The zero-order valence-corrected chi connectivity index (χ0v) is 18.8. The van der Waals surface area contributed by atoms with E-state index in [2.05, 4.69) is 14.6 Å². The standard InChI is InChI=1S/C21H24N4O3S2/c1-14-4-7-19(15(2)12-14)30(27,28)23-21-22-17-6-5-16(13-18(17)29-21)20(26)25-10-8-24(3)9-11-25/h4-7,12-13H,8-11H2,1-3H3,(H,22,23). The van der Waals surface area contributed by atoms with Gasteiger partial charge in [0.05, 0.1) is 15.1 Å². The minimum Gasteiger partial charge on any atom is -0.336 e. The van der Waals surface area contributed by atoms with Crippen molar-refractivity contribution in [2.45, 2.75) is 18.7 Å². The number of hydrogen-bond donors (Lipinski definition) is 1. The van der Waals surface area contributed by atoms with Crippen LogP contribution in [0.5, 0.6) is 0 Å². The lowest BCUT2D eigenvalue weighted by Crippen LogP contribution is -2.47. The van der Waals surface area contributed by atoms with Gasteiger partial charge in [-0.3, -0.25) is 9.52 Å². The Balaban J connectivity index is 1.57. The predicted octanol–water partition coefficient (Wildman–Crippen LogP) is 3.10. The molecule has 3 aromatic rings. The Bertz CT molecular complexity index is 1210. The van der Waals surface area contributed by atoms with Gasteiger partial charge in [0.25, 0.3) is 15.9 Å². The van der Waals surface area contributed by atoms with E-state index in [-0.39, 0.29) is 15.9 Å². The summed E-state index contributed by atoms with van der Waals surface area (Å²) >= 11 is 1.23. The Morgan fingerprint density at radius 3 is 2.50 bits per heavy atom. The second kappa shape index (κ2) is 7.98. The van der Waals surface area contributed by atoms with Gasteiger partial charge >= 0.3 is 0 Å². The van der Waals surface area contributed by atoms with E-state index in [1.54, 1.807) is 37.3 Å². The first-order chi connectivity index (χ1) is 14.2. The topological polar surface area (TPSA) is 82.6 Å². The molecule has 1 amide bonds. The highest BCUT2D eigenvalue weighted by molar-refractivity contribution is 7.93. The van der Waals surface area contributed by atoms with Crippen LogP contribution in [0.2, 0.25) is 0 Å². The Labute approximate surface area is 180 Å². The molecule has 0 atom stereocenters. The summed E-state index contributed by atoms with van der Waals surface area (Å²) in [5.41, 5.74) is 2.94. The van der Waals surface area contributed by atoms with Gasteiger partial charge in [-0.1, -0.05) is 29.0 Å². The van der Waals surface area contributed by atoms with Gasteiger partial charge in [-0.05, 0) is 50.7 Å². The maximum Gasteiger partial charge on any atom is 0.263 e. The molecule has 1 aromatic heterocycles. The van der Waals surface area contributed by atoms with Crippen molar-refractivity contribution in [2.24, 2.45) is 0 Å². The molecule has 1 saturated heterocycles. The van der Waals surface area contributed by atoms with Crippen LogP contribution in [0.25, 0.3) is 10.2 Å². The summed E-state index contributed by atoms with van der Waals surface area (Å²) in [4.78, 5) is 21.5. The van der Waals surface area contributed by atoms with E-state index in [0.717, 1.165) is 23.4 Å².